The molecule has 4 aromatic carbocycles. The molecule has 0 bridgehead atoms. The van der Waals surface area contributed by atoms with Gasteiger partial charge in [-0.2, -0.15) is 0 Å². The number of pyridine rings is 4. The lowest BCUT2D eigenvalue weighted by Crippen LogP contribution is -1.94. The second-order valence-corrected chi connectivity index (χ2v) is 10.7. The number of fused-ring (bicyclic) bond motifs is 7. The average Bonchev–Trinajstić information content (AvgIpc) is 3.47. The van der Waals surface area contributed by atoms with E-state index in [0.29, 0.717) is 0 Å². The zero-order chi connectivity index (χ0) is 28.3. The van der Waals surface area contributed by atoms with Gasteiger partial charge < -0.3 is 0 Å². The van der Waals surface area contributed by atoms with Crippen molar-refractivity contribution in [1.29, 1.82) is 0 Å². The summed E-state index contributed by atoms with van der Waals surface area (Å²) in [7, 11) is 0. The second-order valence-electron chi connectivity index (χ2n) is 10.7. The van der Waals surface area contributed by atoms with Gasteiger partial charge in [0.15, 0.2) is 5.65 Å². The van der Waals surface area contributed by atoms with Crippen molar-refractivity contribution in [3.63, 3.8) is 0 Å². The van der Waals surface area contributed by atoms with Gasteiger partial charge in [-0.3, -0.25) is 4.40 Å². The van der Waals surface area contributed by atoms with Gasteiger partial charge in [0.1, 0.15) is 5.65 Å². The Bertz CT molecular complexity index is 2500. The van der Waals surface area contributed by atoms with Gasteiger partial charge in [-0.25, -0.2) is 19.9 Å². The first kappa shape index (κ1) is 23.7. The predicted octanol–water partition coefficient (Wildman–Crippen LogP) is 9.13. The minimum Gasteiger partial charge on any atom is -0.298 e. The van der Waals surface area contributed by atoms with Gasteiger partial charge >= 0.3 is 0 Å². The predicted molar refractivity (Wildman–Crippen MR) is 175 cm³/mol. The Balaban J connectivity index is 1.23. The first-order valence-electron chi connectivity index (χ1n) is 14.3. The van der Waals surface area contributed by atoms with Gasteiger partial charge in [-0.05, 0) is 47.2 Å². The molecule has 0 aliphatic rings. The van der Waals surface area contributed by atoms with Crippen molar-refractivity contribution in [2.24, 2.45) is 0 Å². The van der Waals surface area contributed by atoms with Crippen molar-refractivity contribution in [1.82, 2.24) is 24.3 Å². The normalized spacial score (nSPS) is 11.7. The Labute approximate surface area is 246 Å². The number of imidazole rings is 1. The van der Waals surface area contributed by atoms with Crippen LogP contribution in [0.5, 0.6) is 0 Å². The monoisotopic (exact) mass is 549 g/mol. The highest BCUT2D eigenvalue weighted by Gasteiger charge is 2.19. The number of rotatable bonds is 3. The van der Waals surface area contributed by atoms with E-state index in [1.807, 2.05) is 42.6 Å². The summed E-state index contributed by atoms with van der Waals surface area (Å²) in [5, 5.41) is 6.88. The first-order valence-corrected chi connectivity index (χ1v) is 14.3. The van der Waals surface area contributed by atoms with E-state index in [4.69, 9.17) is 15.0 Å². The van der Waals surface area contributed by atoms with Crippen LogP contribution in [0.2, 0.25) is 0 Å². The summed E-state index contributed by atoms with van der Waals surface area (Å²) in [4.78, 5) is 19.8. The van der Waals surface area contributed by atoms with Crippen molar-refractivity contribution in [3.05, 3.63) is 140 Å². The van der Waals surface area contributed by atoms with Gasteiger partial charge in [-0.1, -0.05) is 91.0 Å². The molecule has 0 N–H and O–H groups in total. The Morgan fingerprint density at radius 3 is 2.14 bits per heavy atom. The van der Waals surface area contributed by atoms with Gasteiger partial charge in [-0.15, -0.1) is 0 Å². The Morgan fingerprint density at radius 2 is 1.23 bits per heavy atom. The van der Waals surface area contributed by atoms with Crippen LogP contribution in [0.4, 0.5) is 0 Å². The third kappa shape index (κ3) is 3.72. The lowest BCUT2D eigenvalue weighted by atomic mass is 9.95. The number of nitrogens with zero attached hydrogens (tertiary/aromatic N) is 5. The van der Waals surface area contributed by atoms with Crippen molar-refractivity contribution >= 4 is 49.1 Å². The lowest BCUT2D eigenvalue weighted by molar-refractivity contribution is 1.17. The molecule has 0 saturated carbocycles. The van der Waals surface area contributed by atoms with Gasteiger partial charge in [0.2, 0.25) is 0 Å². The summed E-state index contributed by atoms with van der Waals surface area (Å²) in [6.45, 7) is 0. The van der Waals surface area contributed by atoms with Gasteiger partial charge in [0.25, 0.3) is 0 Å². The van der Waals surface area contributed by atoms with Crippen LogP contribution < -0.4 is 0 Å². The van der Waals surface area contributed by atoms with Crippen molar-refractivity contribution in [2.75, 3.05) is 0 Å². The van der Waals surface area contributed by atoms with E-state index >= 15 is 0 Å². The molecule has 200 valence electrons. The maximum Gasteiger partial charge on any atom is 0.160 e. The Hall–Kier alpha value is -5.94. The molecule has 0 spiro atoms. The van der Waals surface area contributed by atoms with Crippen LogP contribution in [0.15, 0.2) is 140 Å². The summed E-state index contributed by atoms with van der Waals surface area (Å²) in [6.07, 6.45) is 3.86. The summed E-state index contributed by atoms with van der Waals surface area (Å²) in [5.74, 6) is 0. The molecular weight excluding hydrogens is 526 g/mol. The van der Waals surface area contributed by atoms with E-state index < -0.39 is 0 Å². The summed E-state index contributed by atoms with van der Waals surface area (Å²) in [5.41, 5.74) is 8.31. The third-order valence-corrected chi connectivity index (χ3v) is 8.26. The molecule has 9 rings (SSSR count). The van der Waals surface area contributed by atoms with Crippen LogP contribution in [-0.2, 0) is 0 Å². The molecule has 0 unspecified atom stereocenters. The molecule has 5 aromatic heterocycles. The molecule has 5 heterocycles. The Kier molecular flexibility index (Phi) is 5.13. The highest BCUT2D eigenvalue weighted by molar-refractivity contribution is 6.21. The van der Waals surface area contributed by atoms with Crippen LogP contribution in [0.3, 0.4) is 0 Å². The molecule has 0 radical (unpaired) electrons. The standard InChI is InChI=1S/C38H23N5/c1-3-10-28-24(8-1)18-20-29-34(28)30-11-7-22-39-38(30)42-35(29)26-14-16-27(17-15-26)36-37(43-23-6-5-13-33(43)41-36)32-21-19-25-9-2-4-12-31(25)40-32/h1-23H. The molecule has 5 heteroatoms. The minimum atomic E-state index is 0.746. The summed E-state index contributed by atoms with van der Waals surface area (Å²) < 4.78 is 2.12. The van der Waals surface area contributed by atoms with Crippen LogP contribution in [0.1, 0.15) is 0 Å². The molecule has 9 aromatic rings. The molecule has 0 aliphatic heterocycles. The summed E-state index contributed by atoms with van der Waals surface area (Å²) in [6, 6.07) is 44.0. The van der Waals surface area contributed by atoms with E-state index in [1.54, 1.807) is 0 Å². The SMILES string of the molecule is c1ccc2nc(-c3c(-c4ccc(-c5nc6ncccc6c6c5ccc5ccccc56)cc4)nc4ccccn34)ccc2c1. The number of hydrogen-bond acceptors (Lipinski definition) is 4. The highest BCUT2D eigenvalue weighted by Crippen LogP contribution is 2.38. The largest absolute Gasteiger partial charge is 0.298 e. The fraction of sp³-hybridized carbons (Fsp3) is 0. The molecule has 43 heavy (non-hydrogen) atoms. The highest BCUT2D eigenvalue weighted by atomic mass is 15.0. The number of hydrogen-bond donors (Lipinski definition) is 0. The maximum atomic E-state index is 5.07. The van der Waals surface area contributed by atoms with E-state index in [2.05, 4.69) is 107 Å². The molecule has 0 saturated heterocycles. The maximum absolute atomic E-state index is 5.07. The third-order valence-electron chi connectivity index (χ3n) is 8.26. The van der Waals surface area contributed by atoms with Crippen LogP contribution in [-0.4, -0.2) is 24.3 Å². The molecule has 0 atom stereocenters. The molecule has 0 aliphatic carbocycles. The van der Waals surface area contributed by atoms with Crippen molar-refractivity contribution < 1.29 is 0 Å². The average molecular weight is 550 g/mol. The zero-order valence-corrected chi connectivity index (χ0v) is 23.0. The molecule has 0 fully saturated rings. The number of para-hydroxylation sites is 1. The molecule has 5 nitrogen and oxygen atoms in total. The number of benzene rings is 4. The van der Waals surface area contributed by atoms with Gasteiger partial charge in [0, 0.05) is 45.1 Å². The fourth-order valence-corrected chi connectivity index (χ4v) is 6.25. The van der Waals surface area contributed by atoms with E-state index in [0.717, 1.165) is 66.9 Å². The van der Waals surface area contributed by atoms with Crippen LogP contribution in [0.25, 0.3) is 83.0 Å². The molecular formula is C38H23N5. The lowest BCUT2D eigenvalue weighted by Gasteiger charge is -2.12. The second kappa shape index (κ2) is 9.29. The fourth-order valence-electron chi connectivity index (χ4n) is 6.25. The van der Waals surface area contributed by atoms with E-state index in [1.165, 1.54) is 16.2 Å². The summed E-state index contributed by atoms with van der Waals surface area (Å²) >= 11 is 0. The number of aromatic nitrogens is 5. The smallest absolute Gasteiger partial charge is 0.160 e. The van der Waals surface area contributed by atoms with Crippen molar-refractivity contribution in [2.45, 2.75) is 0 Å². The quantitative estimate of drug-likeness (QED) is 0.206. The van der Waals surface area contributed by atoms with E-state index in [9.17, 15) is 0 Å². The first-order chi connectivity index (χ1) is 21.3. The van der Waals surface area contributed by atoms with Gasteiger partial charge in [0.05, 0.1) is 28.3 Å². The Morgan fingerprint density at radius 1 is 0.488 bits per heavy atom. The van der Waals surface area contributed by atoms with E-state index in [-0.39, 0.29) is 0 Å². The van der Waals surface area contributed by atoms with Crippen LogP contribution in [0, 0.1) is 0 Å². The van der Waals surface area contributed by atoms with Crippen molar-refractivity contribution in [3.8, 4) is 33.9 Å². The topological polar surface area (TPSA) is 56.0 Å². The zero-order valence-electron chi connectivity index (χ0n) is 23.0. The van der Waals surface area contributed by atoms with Crippen LogP contribution >= 0.6 is 0 Å². The molecule has 0 amide bonds. The minimum absolute atomic E-state index is 0.746.